The third-order valence-electron chi connectivity index (χ3n) is 6.00. The molecular weight excluding hydrogens is 378 g/mol. The van der Waals surface area contributed by atoms with E-state index in [2.05, 4.69) is 47.1 Å². The lowest BCUT2D eigenvalue weighted by molar-refractivity contribution is -0.124. The highest BCUT2D eigenvalue weighted by Gasteiger charge is 2.33. The van der Waals surface area contributed by atoms with Gasteiger partial charge in [-0.15, -0.1) is 0 Å². The number of hydrogen-bond donors (Lipinski definition) is 4. The Kier molecular flexibility index (Phi) is 4.92. The van der Waals surface area contributed by atoms with E-state index in [1.807, 2.05) is 30.3 Å². The minimum absolute atomic E-state index is 0.0198. The van der Waals surface area contributed by atoms with Crippen LogP contribution < -0.4 is 20.9 Å². The molecule has 1 aromatic heterocycles. The molecule has 3 unspecified atom stereocenters. The van der Waals surface area contributed by atoms with E-state index in [0.717, 1.165) is 35.6 Å². The lowest BCUT2D eigenvalue weighted by Crippen LogP contribution is -2.45. The number of aromatic amines is 1. The Balaban J connectivity index is 1.28. The van der Waals surface area contributed by atoms with Crippen LogP contribution in [0.5, 0.6) is 5.75 Å². The van der Waals surface area contributed by atoms with Crippen molar-refractivity contribution >= 4 is 16.9 Å². The molecule has 7 heteroatoms. The van der Waals surface area contributed by atoms with Gasteiger partial charge in [0.1, 0.15) is 17.6 Å². The molecule has 30 heavy (non-hydrogen) atoms. The van der Waals surface area contributed by atoms with Crippen LogP contribution in [0.2, 0.25) is 0 Å². The van der Waals surface area contributed by atoms with E-state index < -0.39 is 0 Å². The van der Waals surface area contributed by atoms with Crippen molar-refractivity contribution in [2.24, 2.45) is 5.92 Å². The van der Waals surface area contributed by atoms with Gasteiger partial charge in [0.25, 0.3) is 0 Å². The molecule has 1 saturated heterocycles. The van der Waals surface area contributed by atoms with Crippen molar-refractivity contribution in [2.45, 2.75) is 44.8 Å². The second-order valence-electron chi connectivity index (χ2n) is 8.46. The van der Waals surface area contributed by atoms with Gasteiger partial charge in [-0.3, -0.25) is 4.79 Å². The molecule has 156 valence electrons. The predicted molar refractivity (Wildman–Crippen MR) is 115 cm³/mol. The third-order valence-corrected chi connectivity index (χ3v) is 6.00. The van der Waals surface area contributed by atoms with Gasteiger partial charge in [-0.2, -0.15) is 0 Å². The highest BCUT2D eigenvalue weighted by atomic mass is 16.5. The number of aromatic nitrogens is 2. The number of benzene rings is 2. The lowest BCUT2D eigenvalue weighted by atomic mass is 9.98. The first-order chi connectivity index (χ1) is 14.6. The maximum atomic E-state index is 13.0. The summed E-state index contributed by atoms with van der Waals surface area (Å²) in [6.45, 7) is 4.93. The maximum Gasteiger partial charge on any atom is 0.239 e. The Labute approximate surface area is 175 Å². The Hall–Kier alpha value is -2.90. The van der Waals surface area contributed by atoms with Gasteiger partial charge in [-0.25, -0.2) is 15.8 Å². The third kappa shape index (κ3) is 3.55. The number of hydrazine groups is 1. The summed E-state index contributed by atoms with van der Waals surface area (Å²) in [5.41, 5.74) is 10.8. The normalized spacial score (nSPS) is 21.6. The molecule has 0 aliphatic carbocycles. The first kappa shape index (κ1) is 19.1. The van der Waals surface area contributed by atoms with Crippen molar-refractivity contribution in [1.82, 2.24) is 26.1 Å². The van der Waals surface area contributed by atoms with E-state index >= 15 is 0 Å². The molecule has 2 aliphatic heterocycles. The number of ether oxygens (including phenoxy) is 1. The summed E-state index contributed by atoms with van der Waals surface area (Å²) >= 11 is 0. The van der Waals surface area contributed by atoms with Gasteiger partial charge in [-0.05, 0) is 41.7 Å². The largest absolute Gasteiger partial charge is 0.493 e. The van der Waals surface area contributed by atoms with Gasteiger partial charge in [0.05, 0.1) is 23.7 Å². The number of hydrogen-bond acceptors (Lipinski definition) is 5. The van der Waals surface area contributed by atoms with Crippen LogP contribution in [0.4, 0.5) is 0 Å². The standard InChI is InChI=1S/C23H27N5O2/c1-13(2)21(22-24-16-5-3-4-6-17(16)25-22)26-23(29)19-12-18(27-28-19)14-7-8-20-15(11-14)9-10-30-20/h3-8,11,13,18-19,21,27-28H,9-10,12H2,1-2H3,(H,24,25)(H,26,29). The topological polar surface area (TPSA) is 91.1 Å². The van der Waals surface area contributed by atoms with E-state index in [0.29, 0.717) is 6.42 Å². The average molecular weight is 406 g/mol. The van der Waals surface area contributed by atoms with Gasteiger partial charge in [-0.1, -0.05) is 38.1 Å². The second kappa shape index (κ2) is 7.74. The van der Waals surface area contributed by atoms with Crippen LogP contribution >= 0.6 is 0 Å². The van der Waals surface area contributed by atoms with Crippen LogP contribution in [-0.2, 0) is 11.2 Å². The first-order valence-electron chi connectivity index (χ1n) is 10.6. The highest BCUT2D eigenvalue weighted by Crippen LogP contribution is 2.31. The van der Waals surface area contributed by atoms with E-state index in [1.165, 1.54) is 11.1 Å². The van der Waals surface area contributed by atoms with Crippen LogP contribution in [0.3, 0.4) is 0 Å². The number of H-pyrrole nitrogens is 1. The zero-order valence-electron chi connectivity index (χ0n) is 17.2. The minimum Gasteiger partial charge on any atom is -0.493 e. The number of amides is 1. The van der Waals surface area contributed by atoms with E-state index in [9.17, 15) is 4.79 Å². The Bertz CT molecular complexity index is 1040. The zero-order chi connectivity index (χ0) is 20.7. The fourth-order valence-corrected chi connectivity index (χ4v) is 4.29. The molecule has 1 fully saturated rings. The number of nitrogens with zero attached hydrogens (tertiary/aromatic N) is 1. The number of rotatable bonds is 5. The Morgan fingerprint density at radius 3 is 2.90 bits per heavy atom. The zero-order valence-corrected chi connectivity index (χ0v) is 17.2. The summed E-state index contributed by atoms with van der Waals surface area (Å²) in [6, 6.07) is 13.8. The summed E-state index contributed by atoms with van der Waals surface area (Å²) in [5.74, 6) is 1.95. The molecule has 2 aliphatic rings. The van der Waals surface area contributed by atoms with Crippen molar-refractivity contribution in [3.8, 4) is 5.75 Å². The van der Waals surface area contributed by atoms with Crippen LogP contribution in [0, 0.1) is 5.92 Å². The number of carbonyl (C=O) groups excluding carboxylic acids is 1. The summed E-state index contributed by atoms with van der Waals surface area (Å²) in [5, 5.41) is 3.19. The second-order valence-corrected chi connectivity index (χ2v) is 8.46. The van der Waals surface area contributed by atoms with Gasteiger partial charge in [0.15, 0.2) is 0 Å². The van der Waals surface area contributed by atoms with Crippen molar-refractivity contribution < 1.29 is 9.53 Å². The van der Waals surface area contributed by atoms with Crippen LogP contribution in [-0.4, -0.2) is 28.5 Å². The van der Waals surface area contributed by atoms with Gasteiger partial charge in [0, 0.05) is 12.5 Å². The Morgan fingerprint density at radius 2 is 2.07 bits per heavy atom. The van der Waals surface area contributed by atoms with Crippen LogP contribution in [0.15, 0.2) is 42.5 Å². The minimum atomic E-state index is -0.301. The smallest absolute Gasteiger partial charge is 0.239 e. The first-order valence-corrected chi connectivity index (χ1v) is 10.6. The van der Waals surface area contributed by atoms with Gasteiger partial charge in [0.2, 0.25) is 5.91 Å². The highest BCUT2D eigenvalue weighted by molar-refractivity contribution is 5.82. The fraction of sp³-hybridized carbons (Fsp3) is 0.391. The predicted octanol–water partition coefficient (Wildman–Crippen LogP) is 2.92. The number of fused-ring (bicyclic) bond motifs is 2. The Morgan fingerprint density at radius 1 is 1.20 bits per heavy atom. The summed E-state index contributed by atoms with van der Waals surface area (Å²) < 4.78 is 5.60. The molecule has 0 saturated carbocycles. The number of nitrogens with one attached hydrogen (secondary N) is 4. The molecular formula is C23H27N5O2. The van der Waals surface area contributed by atoms with Gasteiger partial charge >= 0.3 is 0 Å². The maximum absolute atomic E-state index is 13.0. The molecule has 1 amide bonds. The molecule has 3 heterocycles. The summed E-state index contributed by atoms with van der Waals surface area (Å²) in [7, 11) is 0. The molecule has 2 aromatic carbocycles. The fourth-order valence-electron chi connectivity index (χ4n) is 4.29. The molecule has 3 atom stereocenters. The molecule has 3 aromatic rings. The van der Waals surface area contributed by atoms with Crippen molar-refractivity contribution in [3.05, 3.63) is 59.4 Å². The van der Waals surface area contributed by atoms with Crippen LogP contribution in [0.25, 0.3) is 11.0 Å². The average Bonchev–Trinajstić information content (AvgIpc) is 3.49. The monoisotopic (exact) mass is 405 g/mol. The molecule has 7 nitrogen and oxygen atoms in total. The number of para-hydroxylation sites is 2. The lowest BCUT2D eigenvalue weighted by Gasteiger charge is -2.22. The van der Waals surface area contributed by atoms with E-state index in [-0.39, 0.29) is 30.0 Å². The van der Waals surface area contributed by atoms with Crippen molar-refractivity contribution in [2.75, 3.05) is 6.61 Å². The molecule has 0 spiro atoms. The summed E-state index contributed by atoms with van der Waals surface area (Å²) in [6.07, 6.45) is 1.64. The van der Waals surface area contributed by atoms with E-state index in [4.69, 9.17) is 9.72 Å². The molecule has 5 rings (SSSR count). The summed E-state index contributed by atoms with van der Waals surface area (Å²) in [4.78, 5) is 21.1. The molecule has 0 radical (unpaired) electrons. The van der Waals surface area contributed by atoms with Crippen LogP contribution in [0.1, 0.15) is 49.3 Å². The number of carbonyl (C=O) groups is 1. The molecule has 4 N–H and O–H groups in total. The quantitative estimate of drug-likeness (QED) is 0.524. The SMILES string of the molecule is CC(C)C(NC(=O)C1CC(c2ccc3c(c2)CCO3)NN1)c1nc2ccccc2[nH]1. The van der Waals surface area contributed by atoms with E-state index in [1.54, 1.807) is 0 Å². The molecule has 0 bridgehead atoms. The number of imidazole rings is 1. The van der Waals surface area contributed by atoms with Gasteiger partial charge < -0.3 is 15.0 Å². The van der Waals surface area contributed by atoms with Crippen molar-refractivity contribution in [3.63, 3.8) is 0 Å². The van der Waals surface area contributed by atoms with Crippen molar-refractivity contribution in [1.29, 1.82) is 0 Å².